The van der Waals surface area contributed by atoms with Crippen LogP contribution in [0.1, 0.15) is 40.2 Å². The van der Waals surface area contributed by atoms with Crippen LogP contribution in [0.15, 0.2) is 53.2 Å². The highest BCUT2D eigenvalue weighted by Crippen LogP contribution is 2.32. The fraction of sp³-hybridized carbons (Fsp3) is 0.412. The molecule has 1 rings (SSSR count). The van der Waals surface area contributed by atoms with Crippen LogP contribution in [0.4, 0.5) is 5.69 Å². The van der Waals surface area contributed by atoms with E-state index in [1.807, 2.05) is 12.1 Å². The van der Waals surface area contributed by atoms with Crippen molar-refractivity contribution in [1.29, 1.82) is 0 Å². The van der Waals surface area contributed by atoms with Crippen molar-refractivity contribution in [3.05, 3.63) is 58.5 Å². The van der Waals surface area contributed by atoms with Crippen molar-refractivity contribution >= 4 is 5.69 Å². The molecule has 0 fully saturated rings. The van der Waals surface area contributed by atoms with Gasteiger partial charge in [-0.25, -0.2) is 0 Å². The van der Waals surface area contributed by atoms with Gasteiger partial charge in [0.05, 0.1) is 0 Å². The van der Waals surface area contributed by atoms with E-state index in [1.54, 1.807) is 12.1 Å². The van der Waals surface area contributed by atoms with Crippen LogP contribution in [0, 0.1) is 10.8 Å². The molecule has 1 aromatic carbocycles. The summed E-state index contributed by atoms with van der Waals surface area (Å²) in [6.07, 6.45) is 6.45. The van der Waals surface area contributed by atoms with Crippen LogP contribution in [0.2, 0.25) is 0 Å². The highest BCUT2D eigenvalue weighted by molar-refractivity contribution is 5.43. The molecule has 0 aromatic heterocycles. The molecular weight excluding hydrogens is 234 g/mol. The molecule has 0 aliphatic rings. The third-order valence-electron chi connectivity index (χ3n) is 3.52. The van der Waals surface area contributed by atoms with Gasteiger partial charge in [-0.05, 0) is 35.7 Å². The average Bonchev–Trinajstić information content (AvgIpc) is 2.38. The smallest absolute Gasteiger partial charge is 0.108 e. The Kier molecular flexibility index (Phi) is 5.22. The summed E-state index contributed by atoms with van der Waals surface area (Å²) in [5.74, 6) is 0.560. The Morgan fingerprint density at radius 2 is 1.79 bits per heavy atom. The summed E-state index contributed by atoms with van der Waals surface area (Å²) >= 11 is 0. The highest BCUT2D eigenvalue weighted by atomic mass is 16.3. The van der Waals surface area contributed by atoms with Crippen LogP contribution in [0.5, 0.6) is 0 Å². The standard InChI is InChI=1S/C17H23NO/c1-13(2)7-6-8-14(3)17(4,5)15-9-11-16(18-19)12-10-15/h6-13H,1-5H3/b7-6-,14-8+. The normalized spacial score (nSPS) is 13.3. The van der Waals surface area contributed by atoms with Gasteiger partial charge in [-0.3, -0.25) is 0 Å². The second-order valence-electron chi connectivity index (χ2n) is 5.74. The minimum absolute atomic E-state index is 0.0528. The molecule has 0 amide bonds. The van der Waals surface area contributed by atoms with E-state index in [9.17, 15) is 4.91 Å². The Labute approximate surface area is 116 Å². The van der Waals surface area contributed by atoms with Crippen molar-refractivity contribution in [2.75, 3.05) is 0 Å². The topological polar surface area (TPSA) is 29.4 Å². The predicted octanol–water partition coefficient (Wildman–Crippen LogP) is 5.52. The van der Waals surface area contributed by atoms with Gasteiger partial charge in [0, 0.05) is 5.41 Å². The molecule has 0 spiro atoms. The second-order valence-corrected chi connectivity index (χ2v) is 5.74. The molecule has 1 aromatic rings. The number of hydrogen-bond donors (Lipinski definition) is 0. The lowest BCUT2D eigenvalue weighted by Gasteiger charge is -2.26. The van der Waals surface area contributed by atoms with Crippen molar-refractivity contribution in [1.82, 2.24) is 0 Å². The maximum atomic E-state index is 10.4. The molecule has 0 saturated carbocycles. The summed E-state index contributed by atoms with van der Waals surface area (Å²) in [7, 11) is 0. The van der Waals surface area contributed by atoms with Crippen LogP contribution in [0.25, 0.3) is 0 Å². The van der Waals surface area contributed by atoms with Gasteiger partial charge in [0.1, 0.15) is 5.69 Å². The first-order valence-electron chi connectivity index (χ1n) is 6.67. The summed E-state index contributed by atoms with van der Waals surface area (Å²) in [6, 6.07) is 7.48. The van der Waals surface area contributed by atoms with Crippen LogP contribution in [0.3, 0.4) is 0 Å². The van der Waals surface area contributed by atoms with E-state index in [-0.39, 0.29) is 5.41 Å². The number of allylic oxidation sites excluding steroid dienone is 4. The molecule has 2 nitrogen and oxygen atoms in total. The first-order chi connectivity index (χ1) is 8.87. The number of nitroso groups, excluding NO2 is 1. The fourth-order valence-electron chi connectivity index (χ4n) is 1.80. The Balaban J connectivity index is 2.97. The van der Waals surface area contributed by atoms with E-state index in [1.165, 1.54) is 11.1 Å². The molecule has 2 heteroatoms. The van der Waals surface area contributed by atoms with Gasteiger partial charge in [-0.2, -0.15) is 0 Å². The molecule has 102 valence electrons. The lowest BCUT2D eigenvalue weighted by atomic mass is 9.78. The van der Waals surface area contributed by atoms with Gasteiger partial charge in [-0.15, -0.1) is 4.91 Å². The molecule has 0 aliphatic heterocycles. The van der Waals surface area contributed by atoms with Crippen molar-refractivity contribution < 1.29 is 0 Å². The van der Waals surface area contributed by atoms with E-state index in [0.717, 1.165) is 0 Å². The molecule has 0 saturated heterocycles. The van der Waals surface area contributed by atoms with Crippen molar-refractivity contribution in [3.8, 4) is 0 Å². The van der Waals surface area contributed by atoms with Gasteiger partial charge in [0.15, 0.2) is 0 Å². The fourth-order valence-corrected chi connectivity index (χ4v) is 1.80. The zero-order chi connectivity index (χ0) is 14.5. The largest absolute Gasteiger partial charge is 0.145 e. The molecule has 0 unspecified atom stereocenters. The molecule has 0 radical (unpaired) electrons. The third kappa shape index (κ3) is 4.16. The molecular formula is C17H23NO. The van der Waals surface area contributed by atoms with Crippen molar-refractivity contribution in [2.45, 2.75) is 40.0 Å². The van der Waals surface area contributed by atoms with E-state index < -0.39 is 0 Å². The summed E-state index contributed by atoms with van der Waals surface area (Å²) in [4.78, 5) is 10.4. The molecule has 0 atom stereocenters. The first kappa shape index (κ1) is 15.4. The minimum atomic E-state index is -0.0528. The van der Waals surface area contributed by atoms with Gasteiger partial charge in [0.2, 0.25) is 0 Å². The number of nitrogens with zero attached hydrogens (tertiary/aromatic N) is 1. The summed E-state index contributed by atoms with van der Waals surface area (Å²) in [5, 5.41) is 2.93. The number of hydrogen-bond acceptors (Lipinski definition) is 2. The minimum Gasteiger partial charge on any atom is -0.145 e. The number of benzene rings is 1. The van der Waals surface area contributed by atoms with Gasteiger partial charge in [0.25, 0.3) is 0 Å². The summed E-state index contributed by atoms with van der Waals surface area (Å²) < 4.78 is 0. The quantitative estimate of drug-likeness (QED) is 0.504. The Hall–Kier alpha value is -1.70. The maximum Gasteiger partial charge on any atom is 0.108 e. The SMILES string of the molecule is C/C(=C\C=C/C(C)C)C(C)(C)c1ccc(N=O)cc1. The maximum absolute atomic E-state index is 10.4. The van der Waals surface area contributed by atoms with E-state index in [4.69, 9.17) is 0 Å². The Morgan fingerprint density at radius 1 is 1.21 bits per heavy atom. The van der Waals surface area contributed by atoms with Gasteiger partial charge in [-0.1, -0.05) is 63.6 Å². The molecule has 0 N–H and O–H groups in total. The lowest BCUT2D eigenvalue weighted by molar-refractivity contribution is 0.623. The summed E-state index contributed by atoms with van der Waals surface area (Å²) in [5.41, 5.74) is 2.90. The average molecular weight is 257 g/mol. The predicted molar refractivity (Wildman–Crippen MR) is 82.7 cm³/mol. The van der Waals surface area contributed by atoms with Crippen LogP contribution in [-0.2, 0) is 5.41 Å². The molecule has 0 bridgehead atoms. The zero-order valence-corrected chi connectivity index (χ0v) is 12.5. The molecule has 0 aliphatic carbocycles. The summed E-state index contributed by atoms with van der Waals surface area (Å²) in [6.45, 7) is 10.8. The van der Waals surface area contributed by atoms with Gasteiger partial charge >= 0.3 is 0 Å². The van der Waals surface area contributed by atoms with Crippen molar-refractivity contribution in [3.63, 3.8) is 0 Å². The zero-order valence-electron chi connectivity index (χ0n) is 12.5. The monoisotopic (exact) mass is 257 g/mol. The lowest BCUT2D eigenvalue weighted by Crippen LogP contribution is -2.18. The van der Waals surface area contributed by atoms with E-state index in [0.29, 0.717) is 11.6 Å². The number of rotatable bonds is 5. The second kappa shape index (κ2) is 6.46. The molecule has 19 heavy (non-hydrogen) atoms. The Morgan fingerprint density at radius 3 is 2.26 bits per heavy atom. The van der Waals surface area contributed by atoms with Crippen LogP contribution in [-0.4, -0.2) is 0 Å². The van der Waals surface area contributed by atoms with Crippen molar-refractivity contribution in [2.24, 2.45) is 11.1 Å². The van der Waals surface area contributed by atoms with Gasteiger partial charge < -0.3 is 0 Å². The highest BCUT2D eigenvalue weighted by Gasteiger charge is 2.22. The molecule has 0 heterocycles. The first-order valence-corrected chi connectivity index (χ1v) is 6.67. The third-order valence-corrected chi connectivity index (χ3v) is 3.52. The Bertz CT molecular complexity index is 478. The van der Waals surface area contributed by atoms with Crippen LogP contribution >= 0.6 is 0 Å². The van der Waals surface area contributed by atoms with E-state index in [2.05, 4.69) is 58.0 Å². The van der Waals surface area contributed by atoms with E-state index >= 15 is 0 Å². The van der Waals surface area contributed by atoms with Crippen LogP contribution < -0.4 is 0 Å².